The molecule has 0 radical (unpaired) electrons. The number of likely N-dealkylation sites (tertiary alicyclic amines) is 1. The molecule has 1 aromatic rings. The SMILES string of the molecule is CNC(=O)c1cccc(CN2CCC3(CCC(O)CC3)CC2)c1. The summed E-state index contributed by atoms with van der Waals surface area (Å²) in [6.07, 6.45) is 6.76. The first kappa shape index (κ1) is 16.5. The maximum absolute atomic E-state index is 11.7. The first-order valence-corrected chi connectivity index (χ1v) is 8.82. The Morgan fingerprint density at radius 3 is 2.61 bits per heavy atom. The van der Waals surface area contributed by atoms with Gasteiger partial charge in [0.1, 0.15) is 0 Å². The molecule has 1 heterocycles. The summed E-state index contributed by atoms with van der Waals surface area (Å²) in [4.78, 5) is 14.2. The molecule has 2 aliphatic rings. The lowest BCUT2D eigenvalue weighted by Crippen LogP contribution is -2.42. The van der Waals surface area contributed by atoms with Crippen LogP contribution in [-0.4, -0.2) is 42.2 Å². The highest BCUT2D eigenvalue weighted by molar-refractivity contribution is 5.94. The average molecular weight is 316 g/mol. The third kappa shape index (κ3) is 3.93. The normalized spacial score (nSPS) is 22.2. The van der Waals surface area contributed by atoms with Gasteiger partial charge >= 0.3 is 0 Å². The van der Waals surface area contributed by atoms with Gasteiger partial charge in [0.05, 0.1) is 6.10 Å². The quantitative estimate of drug-likeness (QED) is 0.901. The third-order valence-corrected chi connectivity index (χ3v) is 5.75. The summed E-state index contributed by atoms with van der Waals surface area (Å²) < 4.78 is 0. The van der Waals surface area contributed by atoms with E-state index in [4.69, 9.17) is 0 Å². The number of benzene rings is 1. The van der Waals surface area contributed by atoms with Crippen LogP contribution in [0.5, 0.6) is 0 Å². The Kier molecular flexibility index (Phi) is 5.02. The van der Waals surface area contributed by atoms with E-state index < -0.39 is 0 Å². The molecule has 23 heavy (non-hydrogen) atoms. The van der Waals surface area contributed by atoms with Crippen molar-refractivity contribution in [1.29, 1.82) is 0 Å². The van der Waals surface area contributed by atoms with Crippen LogP contribution in [0.1, 0.15) is 54.4 Å². The van der Waals surface area contributed by atoms with Crippen molar-refractivity contribution in [3.63, 3.8) is 0 Å². The summed E-state index contributed by atoms with van der Waals surface area (Å²) in [7, 11) is 1.67. The zero-order valence-corrected chi connectivity index (χ0v) is 14.1. The number of aliphatic hydroxyl groups excluding tert-OH is 1. The van der Waals surface area contributed by atoms with Crippen LogP contribution >= 0.6 is 0 Å². The van der Waals surface area contributed by atoms with Crippen LogP contribution in [0, 0.1) is 5.41 Å². The van der Waals surface area contributed by atoms with Gasteiger partial charge in [-0.3, -0.25) is 9.69 Å². The van der Waals surface area contributed by atoms with Gasteiger partial charge in [-0.15, -0.1) is 0 Å². The van der Waals surface area contributed by atoms with Crippen LogP contribution in [0.3, 0.4) is 0 Å². The summed E-state index contributed by atoms with van der Waals surface area (Å²) in [5.41, 5.74) is 2.43. The predicted octanol–water partition coefficient (Wildman–Crippen LogP) is 2.56. The molecule has 1 saturated heterocycles. The smallest absolute Gasteiger partial charge is 0.251 e. The molecule has 1 aliphatic heterocycles. The molecule has 2 N–H and O–H groups in total. The second-order valence-electron chi connectivity index (χ2n) is 7.29. The zero-order chi connectivity index (χ0) is 16.3. The molecule has 0 aromatic heterocycles. The topological polar surface area (TPSA) is 52.6 Å². The average Bonchev–Trinajstić information content (AvgIpc) is 2.59. The number of piperidine rings is 1. The molecule has 1 aliphatic carbocycles. The first-order chi connectivity index (χ1) is 11.1. The van der Waals surface area contributed by atoms with Crippen molar-refractivity contribution in [3.05, 3.63) is 35.4 Å². The molecule has 126 valence electrons. The van der Waals surface area contributed by atoms with E-state index in [2.05, 4.69) is 16.3 Å². The van der Waals surface area contributed by atoms with E-state index in [1.54, 1.807) is 7.05 Å². The van der Waals surface area contributed by atoms with E-state index >= 15 is 0 Å². The molecule has 1 spiro atoms. The second-order valence-corrected chi connectivity index (χ2v) is 7.29. The second kappa shape index (κ2) is 7.02. The number of aliphatic hydroxyl groups is 1. The van der Waals surface area contributed by atoms with Gasteiger partial charge in [0, 0.05) is 19.2 Å². The van der Waals surface area contributed by atoms with Crippen LogP contribution in [0.4, 0.5) is 0 Å². The Hall–Kier alpha value is -1.39. The minimum absolute atomic E-state index is 0.0230. The number of hydrogen-bond donors (Lipinski definition) is 2. The third-order valence-electron chi connectivity index (χ3n) is 5.75. The molecule has 1 amide bonds. The summed E-state index contributed by atoms with van der Waals surface area (Å²) in [5, 5.41) is 12.4. The highest BCUT2D eigenvalue weighted by Crippen LogP contribution is 2.44. The van der Waals surface area contributed by atoms with Crippen molar-refractivity contribution in [1.82, 2.24) is 10.2 Å². The highest BCUT2D eigenvalue weighted by atomic mass is 16.3. The number of carbonyl (C=O) groups excluding carboxylic acids is 1. The van der Waals surface area contributed by atoms with E-state index in [1.165, 1.54) is 31.2 Å². The Bertz CT molecular complexity index is 540. The number of nitrogens with zero attached hydrogens (tertiary/aromatic N) is 1. The predicted molar refractivity (Wildman–Crippen MR) is 91.3 cm³/mol. The summed E-state index contributed by atoms with van der Waals surface area (Å²) in [6.45, 7) is 3.17. The molecular formula is C19H28N2O2. The van der Waals surface area contributed by atoms with E-state index in [-0.39, 0.29) is 12.0 Å². The van der Waals surface area contributed by atoms with Crippen molar-refractivity contribution in [2.45, 2.75) is 51.2 Å². The Morgan fingerprint density at radius 2 is 1.96 bits per heavy atom. The van der Waals surface area contributed by atoms with Crippen LogP contribution in [0.15, 0.2) is 24.3 Å². The van der Waals surface area contributed by atoms with Crippen molar-refractivity contribution < 1.29 is 9.90 Å². The fourth-order valence-corrected chi connectivity index (χ4v) is 4.11. The van der Waals surface area contributed by atoms with Crippen LogP contribution in [0.2, 0.25) is 0 Å². The van der Waals surface area contributed by atoms with Crippen LogP contribution in [-0.2, 0) is 6.54 Å². The molecule has 0 bridgehead atoms. The van der Waals surface area contributed by atoms with Crippen LogP contribution < -0.4 is 5.32 Å². The number of rotatable bonds is 3. The highest BCUT2D eigenvalue weighted by Gasteiger charge is 2.37. The molecule has 1 saturated carbocycles. The standard InChI is InChI=1S/C19H28N2O2/c1-20-18(23)16-4-2-3-15(13-16)14-21-11-9-19(10-12-21)7-5-17(22)6-8-19/h2-4,13,17,22H,5-12,14H2,1H3,(H,20,23). The molecule has 2 fully saturated rings. The van der Waals surface area contributed by atoms with Crippen molar-refractivity contribution in [3.8, 4) is 0 Å². The number of nitrogens with one attached hydrogen (secondary N) is 1. The fourth-order valence-electron chi connectivity index (χ4n) is 4.11. The van der Waals surface area contributed by atoms with E-state index in [0.29, 0.717) is 5.41 Å². The Labute approximate surface area is 138 Å². The minimum Gasteiger partial charge on any atom is -0.393 e. The van der Waals surface area contributed by atoms with Gasteiger partial charge in [0.25, 0.3) is 5.91 Å². The van der Waals surface area contributed by atoms with E-state index in [9.17, 15) is 9.90 Å². The molecule has 0 atom stereocenters. The molecule has 1 aromatic carbocycles. The van der Waals surface area contributed by atoms with Crippen LogP contribution in [0.25, 0.3) is 0 Å². The number of hydrogen-bond acceptors (Lipinski definition) is 3. The van der Waals surface area contributed by atoms with Gasteiger partial charge in [0.2, 0.25) is 0 Å². The molecule has 0 unspecified atom stereocenters. The lowest BCUT2D eigenvalue weighted by molar-refractivity contribution is 0.0155. The molecule has 4 heteroatoms. The maximum atomic E-state index is 11.7. The zero-order valence-electron chi connectivity index (χ0n) is 14.1. The summed E-state index contributed by atoms with van der Waals surface area (Å²) in [5.74, 6) is -0.0230. The fraction of sp³-hybridized carbons (Fsp3) is 0.632. The van der Waals surface area contributed by atoms with Gasteiger partial charge in [-0.1, -0.05) is 12.1 Å². The summed E-state index contributed by atoms with van der Waals surface area (Å²) >= 11 is 0. The summed E-state index contributed by atoms with van der Waals surface area (Å²) in [6, 6.07) is 7.93. The van der Waals surface area contributed by atoms with Gasteiger partial charge in [0.15, 0.2) is 0 Å². The first-order valence-electron chi connectivity index (χ1n) is 8.82. The number of carbonyl (C=O) groups is 1. The minimum atomic E-state index is -0.0638. The lowest BCUT2D eigenvalue weighted by Gasteiger charge is -2.45. The van der Waals surface area contributed by atoms with Gasteiger partial charge in [-0.2, -0.15) is 0 Å². The van der Waals surface area contributed by atoms with Gasteiger partial charge in [-0.05, 0) is 74.7 Å². The van der Waals surface area contributed by atoms with Gasteiger partial charge < -0.3 is 10.4 Å². The maximum Gasteiger partial charge on any atom is 0.251 e. The molecular weight excluding hydrogens is 288 g/mol. The largest absolute Gasteiger partial charge is 0.393 e. The van der Waals surface area contributed by atoms with Crippen molar-refractivity contribution in [2.24, 2.45) is 5.41 Å². The van der Waals surface area contributed by atoms with Crippen molar-refractivity contribution >= 4 is 5.91 Å². The van der Waals surface area contributed by atoms with Gasteiger partial charge in [-0.25, -0.2) is 0 Å². The molecule has 4 nitrogen and oxygen atoms in total. The Morgan fingerprint density at radius 1 is 1.26 bits per heavy atom. The number of amides is 1. The molecule has 3 rings (SSSR count). The Balaban J connectivity index is 1.56. The van der Waals surface area contributed by atoms with E-state index in [1.807, 2.05) is 18.2 Å². The monoisotopic (exact) mass is 316 g/mol. The lowest BCUT2D eigenvalue weighted by atomic mass is 9.67. The van der Waals surface area contributed by atoms with E-state index in [0.717, 1.165) is 38.0 Å². The van der Waals surface area contributed by atoms with Crippen molar-refractivity contribution in [2.75, 3.05) is 20.1 Å².